The van der Waals surface area contributed by atoms with E-state index < -0.39 is 5.82 Å². The normalized spacial score (nSPS) is 10.5. The van der Waals surface area contributed by atoms with Crippen molar-refractivity contribution in [2.75, 3.05) is 18.4 Å². The lowest BCUT2D eigenvalue weighted by atomic mass is 10.1. The average molecular weight is 351 g/mol. The van der Waals surface area contributed by atoms with Crippen LogP contribution in [-0.4, -0.2) is 19.0 Å². The minimum absolute atomic E-state index is 0.0394. The molecule has 6 heteroatoms. The molecule has 0 aliphatic carbocycles. The molecule has 26 heavy (non-hydrogen) atoms. The van der Waals surface area contributed by atoms with E-state index in [2.05, 4.69) is 10.6 Å². The SMILES string of the molecule is Cc1c(C(=O)NCCNc2cccc(F)c2C#N)oc2c(C)cccc12. The van der Waals surface area contributed by atoms with Crippen molar-refractivity contribution < 1.29 is 13.6 Å². The summed E-state index contributed by atoms with van der Waals surface area (Å²) >= 11 is 0. The number of halogens is 1. The zero-order valence-electron chi connectivity index (χ0n) is 14.5. The van der Waals surface area contributed by atoms with Crippen molar-refractivity contribution in [3.05, 3.63) is 64.7 Å². The van der Waals surface area contributed by atoms with Gasteiger partial charge in [0.25, 0.3) is 5.91 Å². The first-order valence-electron chi connectivity index (χ1n) is 8.22. The summed E-state index contributed by atoms with van der Waals surface area (Å²) in [6.07, 6.45) is 0. The van der Waals surface area contributed by atoms with E-state index >= 15 is 0 Å². The van der Waals surface area contributed by atoms with Gasteiger partial charge in [-0.2, -0.15) is 5.26 Å². The monoisotopic (exact) mass is 351 g/mol. The molecule has 0 saturated heterocycles. The van der Waals surface area contributed by atoms with Gasteiger partial charge in [-0.1, -0.05) is 24.3 Å². The summed E-state index contributed by atoms with van der Waals surface area (Å²) in [7, 11) is 0. The molecule has 3 aromatic rings. The second-order valence-corrected chi connectivity index (χ2v) is 5.96. The zero-order valence-corrected chi connectivity index (χ0v) is 14.5. The van der Waals surface area contributed by atoms with Crippen LogP contribution in [0.4, 0.5) is 10.1 Å². The fourth-order valence-corrected chi connectivity index (χ4v) is 2.84. The van der Waals surface area contributed by atoms with Crippen LogP contribution in [0.5, 0.6) is 0 Å². The molecule has 0 unspecified atom stereocenters. The minimum Gasteiger partial charge on any atom is -0.450 e. The summed E-state index contributed by atoms with van der Waals surface area (Å²) in [6, 6.07) is 12.0. The minimum atomic E-state index is -0.574. The van der Waals surface area contributed by atoms with Crippen molar-refractivity contribution in [2.45, 2.75) is 13.8 Å². The Balaban J connectivity index is 1.64. The van der Waals surface area contributed by atoms with Crippen molar-refractivity contribution >= 4 is 22.6 Å². The fourth-order valence-electron chi connectivity index (χ4n) is 2.84. The molecule has 5 nitrogen and oxygen atoms in total. The summed E-state index contributed by atoms with van der Waals surface area (Å²) in [5.74, 6) is -0.591. The topological polar surface area (TPSA) is 78.1 Å². The van der Waals surface area contributed by atoms with Gasteiger partial charge in [-0.3, -0.25) is 4.79 Å². The van der Waals surface area contributed by atoms with Gasteiger partial charge in [0.1, 0.15) is 23.0 Å². The highest BCUT2D eigenvalue weighted by atomic mass is 19.1. The number of benzene rings is 2. The summed E-state index contributed by atoms with van der Waals surface area (Å²) in [6.45, 7) is 4.44. The number of anilines is 1. The first kappa shape index (κ1) is 17.5. The zero-order chi connectivity index (χ0) is 18.7. The predicted molar refractivity (Wildman–Crippen MR) is 97.6 cm³/mol. The van der Waals surface area contributed by atoms with E-state index in [1.54, 1.807) is 6.07 Å². The van der Waals surface area contributed by atoms with Crippen molar-refractivity contribution in [1.82, 2.24) is 5.32 Å². The number of furan rings is 1. The van der Waals surface area contributed by atoms with Crippen LogP contribution in [-0.2, 0) is 0 Å². The van der Waals surface area contributed by atoms with E-state index in [1.807, 2.05) is 38.1 Å². The molecule has 2 aromatic carbocycles. The predicted octanol–water partition coefficient (Wildman–Crippen LogP) is 3.90. The molecule has 0 radical (unpaired) electrons. The quantitative estimate of drug-likeness (QED) is 0.683. The fraction of sp³-hybridized carbons (Fsp3) is 0.200. The number of hydrogen-bond acceptors (Lipinski definition) is 4. The maximum atomic E-state index is 13.5. The average Bonchev–Trinajstić information content (AvgIpc) is 2.97. The number of nitrogens with one attached hydrogen (secondary N) is 2. The number of rotatable bonds is 5. The van der Waals surface area contributed by atoms with Crippen molar-refractivity contribution in [3.63, 3.8) is 0 Å². The molecule has 2 N–H and O–H groups in total. The third-order valence-electron chi connectivity index (χ3n) is 4.22. The lowest BCUT2D eigenvalue weighted by Crippen LogP contribution is -2.29. The third-order valence-corrected chi connectivity index (χ3v) is 4.22. The number of carbonyl (C=O) groups excluding carboxylic acids is 1. The number of carbonyl (C=O) groups is 1. The van der Waals surface area contributed by atoms with E-state index in [0.29, 0.717) is 24.4 Å². The Morgan fingerprint density at radius 1 is 1.19 bits per heavy atom. The smallest absolute Gasteiger partial charge is 0.287 e. The molecular weight excluding hydrogens is 333 g/mol. The van der Waals surface area contributed by atoms with Gasteiger partial charge < -0.3 is 15.1 Å². The summed E-state index contributed by atoms with van der Waals surface area (Å²) in [5, 5.41) is 15.7. The summed E-state index contributed by atoms with van der Waals surface area (Å²) < 4.78 is 19.3. The second kappa shape index (κ2) is 7.28. The maximum absolute atomic E-state index is 13.5. The highest BCUT2D eigenvalue weighted by Crippen LogP contribution is 2.27. The Labute approximate surface area is 150 Å². The number of para-hydroxylation sites is 1. The molecule has 3 rings (SSSR count). The molecule has 0 saturated carbocycles. The molecule has 0 aliphatic heterocycles. The van der Waals surface area contributed by atoms with Gasteiger partial charge in [0.2, 0.25) is 0 Å². The number of amides is 1. The van der Waals surface area contributed by atoms with E-state index in [4.69, 9.17) is 9.68 Å². The maximum Gasteiger partial charge on any atom is 0.287 e. The lowest BCUT2D eigenvalue weighted by molar-refractivity contribution is 0.0929. The van der Waals surface area contributed by atoms with E-state index in [9.17, 15) is 9.18 Å². The number of nitrogens with zero attached hydrogens (tertiary/aromatic N) is 1. The summed E-state index contributed by atoms with van der Waals surface area (Å²) in [4.78, 5) is 12.4. The van der Waals surface area contributed by atoms with Crippen LogP contribution < -0.4 is 10.6 Å². The van der Waals surface area contributed by atoms with Crippen LogP contribution in [0.25, 0.3) is 11.0 Å². The van der Waals surface area contributed by atoms with Gasteiger partial charge in [-0.05, 0) is 31.5 Å². The van der Waals surface area contributed by atoms with Gasteiger partial charge in [0.05, 0.1) is 5.69 Å². The highest BCUT2D eigenvalue weighted by molar-refractivity contribution is 5.99. The van der Waals surface area contributed by atoms with E-state index in [-0.39, 0.29) is 17.2 Å². The van der Waals surface area contributed by atoms with Gasteiger partial charge in [-0.15, -0.1) is 0 Å². The second-order valence-electron chi connectivity index (χ2n) is 5.96. The Hall–Kier alpha value is -3.33. The Kier molecular flexibility index (Phi) is 4.90. The number of nitriles is 1. The van der Waals surface area contributed by atoms with E-state index in [1.165, 1.54) is 12.1 Å². The van der Waals surface area contributed by atoms with Crippen LogP contribution in [0.3, 0.4) is 0 Å². The molecule has 0 spiro atoms. The lowest BCUT2D eigenvalue weighted by Gasteiger charge is -2.09. The van der Waals surface area contributed by atoms with Gasteiger partial charge >= 0.3 is 0 Å². The van der Waals surface area contributed by atoms with Crippen LogP contribution >= 0.6 is 0 Å². The van der Waals surface area contributed by atoms with Crippen LogP contribution in [0.15, 0.2) is 40.8 Å². The number of fused-ring (bicyclic) bond motifs is 1. The first-order valence-corrected chi connectivity index (χ1v) is 8.22. The number of aryl methyl sites for hydroxylation is 2. The molecule has 1 aromatic heterocycles. The van der Waals surface area contributed by atoms with Crippen molar-refractivity contribution in [3.8, 4) is 6.07 Å². The van der Waals surface area contributed by atoms with Crippen LogP contribution in [0.2, 0.25) is 0 Å². The number of hydrogen-bond donors (Lipinski definition) is 2. The van der Waals surface area contributed by atoms with Crippen LogP contribution in [0.1, 0.15) is 27.2 Å². The van der Waals surface area contributed by atoms with Gasteiger partial charge in [-0.25, -0.2) is 4.39 Å². The Morgan fingerprint density at radius 2 is 1.96 bits per heavy atom. The van der Waals surface area contributed by atoms with E-state index in [0.717, 1.165) is 16.5 Å². The highest BCUT2D eigenvalue weighted by Gasteiger charge is 2.18. The van der Waals surface area contributed by atoms with Crippen molar-refractivity contribution in [2.24, 2.45) is 0 Å². The Morgan fingerprint density at radius 3 is 2.69 bits per heavy atom. The molecule has 0 aliphatic rings. The molecule has 132 valence electrons. The summed E-state index contributed by atoms with van der Waals surface area (Å²) in [5.41, 5.74) is 2.85. The molecular formula is C20H18FN3O2. The third kappa shape index (κ3) is 3.24. The molecule has 0 atom stereocenters. The van der Waals surface area contributed by atoms with Gasteiger partial charge in [0.15, 0.2) is 5.76 Å². The Bertz CT molecular complexity index is 1020. The standard InChI is InChI=1S/C20H18FN3O2/c1-12-5-3-6-14-13(2)19(26-18(12)14)20(25)24-10-9-23-17-8-4-7-16(21)15(17)11-22/h3-8,23H,9-10H2,1-2H3,(H,24,25). The molecule has 1 heterocycles. The first-order chi connectivity index (χ1) is 12.5. The van der Waals surface area contributed by atoms with Gasteiger partial charge in [0, 0.05) is 24.0 Å². The molecule has 1 amide bonds. The van der Waals surface area contributed by atoms with Crippen LogP contribution in [0, 0.1) is 31.0 Å². The molecule has 0 bridgehead atoms. The van der Waals surface area contributed by atoms with Crippen molar-refractivity contribution in [1.29, 1.82) is 5.26 Å². The molecule has 0 fully saturated rings. The largest absolute Gasteiger partial charge is 0.450 e.